The molecular formula is C37H42FN3O7S. The molecule has 49 heavy (non-hydrogen) atoms. The quantitative estimate of drug-likeness (QED) is 0.131. The van der Waals surface area contributed by atoms with Gasteiger partial charge in [-0.25, -0.2) is 12.8 Å². The molecule has 4 aromatic carbocycles. The highest BCUT2D eigenvalue weighted by molar-refractivity contribution is 7.92. The zero-order valence-electron chi connectivity index (χ0n) is 27.8. The van der Waals surface area contributed by atoms with Crippen LogP contribution in [0.3, 0.4) is 0 Å². The molecule has 0 aliphatic heterocycles. The van der Waals surface area contributed by atoms with Crippen LogP contribution < -0.4 is 19.5 Å². The number of hydrogen-bond donors (Lipinski definition) is 2. The molecule has 2 amide bonds. The fourth-order valence-electron chi connectivity index (χ4n) is 4.88. The summed E-state index contributed by atoms with van der Waals surface area (Å²) in [6.45, 7) is 4.48. The number of amides is 2. The Morgan fingerprint density at radius 1 is 0.837 bits per heavy atom. The molecule has 12 heteroatoms. The monoisotopic (exact) mass is 691 g/mol. The number of hydrogen-bond acceptors (Lipinski definition) is 7. The van der Waals surface area contributed by atoms with Crippen LogP contribution in [0.15, 0.2) is 108 Å². The van der Waals surface area contributed by atoms with Crippen molar-refractivity contribution in [2.75, 3.05) is 31.6 Å². The van der Waals surface area contributed by atoms with Crippen LogP contribution in [0.1, 0.15) is 31.4 Å². The maximum absolute atomic E-state index is 13.9. The Labute approximate surface area is 287 Å². The first-order chi connectivity index (χ1) is 23.5. The minimum absolute atomic E-state index is 0.0463. The summed E-state index contributed by atoms with van der Waals surface area (Å²) in [5.41, 5.74) is 1.88. The fraction of sp³-hybridized carbons (Fsp3) is 0.297. The summed E-state index contributed by atoms with van der Waals surface area (Å²) < 4.78 is 58.0. The minimum atomic E-state index is -3.96. The topological polar surface area (TPSA) is 123 Å². The molecule has 2 N–H and O–H groups in total. The number of halogens is 1. The lowest BCUT2D eigenvalue weighted by atomic mass is 10.0. The van der Waals surface area contributed by atoms with E-state index in [1.807, 2.05) is 56.3 Å². The largest absolute Gasteiger partial charge is 0.497 e. The van der Waals surface area contributed by atoms with Crippen molar-refractivity contribution in [3.05, 3.63) is 120 Å². The van der Waals surface area contributed by atoms with Gasteiger partial charge in [-0.3, -0.25) is 14.3 Å². The van der Waals surface area contributed by atoms with Gasteiger partial charge in [0.1, 0.15) is 23.4 Å². The van der Waals surface area contributed by atoms with Crippen LogP contribution in [0.5, 0.6) is 11.5 Å². The number of ether oxygens (including phenoxy) is 3. The van der Waals surface area contributed by atoms with E-state index in [0.29, 0.717) is 25.3 Å². The average Bonchev–Trinajstić information content (AvgIpc) is 3.10. The van der Waals surface area contributed by atoms with Crippen molar-refractivity contribution in [1.29, 1.82) is 0 Å². The third kappa shape index (κ3) is 11.6. The second-order valence-electron chi connectivity index (χ2n) is 11.5. The first-order valence-corrected chi connectivity index (χ1v) is 17.4. The normalized spacial score (nSPS) is 11.9. The van der Waals surface area contributed by atoms with Crippen molar-refractivity contribution >= 4 is 27.5 Å². The maximum Gasteiger partial charge on any atom is 0.261 e. The van der Waals surface area contributed by atoms with Crippen molar-refractivity contribution in [3.8, 4) is 11.5 Å². The van der Waals surface area contributed by atoms with E-state index in [9.17, 15) is 22.4 Å². The number of benzene rings is 4. The van der Waals surface area contributed by atoms with E-state index in [2.05, 4.69) is 10.0 Å². The highest BCUT2D eigenvalue weighted by Crippen LogP contribution is 2.21. The molecule has 0 aliphatic rings. The van der Waals surface area contributed by atoms with Gasteiger partial charge < -0.3 is 24.4 Å². The third-order valence-electron chi connectivity index (χ3n) is 7.45. The van der Waals surface area contributed by atoms with Gasteiger partial charge in [-0.15, -0.1) is 0 Å². The van der Waals surface area contributed by atoms with Gasteiger partial charge in [-0.1, -0.05) is 42.5 Å². The van der Waals surface area contributed by atoms with Crippen LogP contribution >= 0.6 is 0 Å². The number of rotatable bonds is 18. The van der Waals surface area contributed by atoms with Gasteiger partial charge in [0.05, 0.1) is 18.1 Å². The second kappa shape index (κ2) is 18.0. The molecule has 10 nitrogen and oxygen atoms in total. The van der Waals surface area contributed by atoms with Gasteiger partial charge in [-0.05, 0) is 92.1 Å². The van der Waals surface area contributed by atoms with E-state index in [1.54, 1.807) is 19.2 Å². The van der Waals surface area contributed by atoms with E-state index in [0.717, 1.165) is 23.3 Å². The predicted octanol–water partition coefficient (Wildman–Crippen LogP) is 5.59. The first kappa shape index (κ1) is 36.9. The SMILES string of the molecule is COc1ccc(CN(C(=O)COc2ccc(S(=O)(=O)Nc3ccc(F)cc3)cc2)[C@@H](Cc2ccccc2)C(=O)NCCCOC(C)C)cc1. The number of carbonyl (C=O) groups excluding carboxylic acids is 2. The summed E-state index contributed by atoms with van der Waals surface area (Å²) in [5.74, 6) is -0.317. The zero-order chi connectivity index (χ0) is 35.2. The Hall–Kier alpha value is -4.94. The highest BCUT2D eigenvalue weighted by Gasteiger charge is 2.30. The molecule has 0 aliphatic carbocycles. The number of nitrogens with zero attached hydrogens (tertiary/aromatic N) is 1. The molecule has 0 saturated carbocycles. The summed E-state index contributed by atoms with van der Waals surface area (Å²) in [6, 6.07) is 26.3. The van der Waals surface area contributed by atoms with Crippen LogP contribution in [0.2, 0.25) is 0 Å². The van der Waals surface area contributed by atoms with Gasteiger partial charge >= 0.3 is 0 Å². The van der Waals surface area contributed by atoms with Gasteiger partial charge in [0, 0.05) is 31.8 Å². The highest BCUT2D eigenvalue weighted by atomic mass is 32.2. The lowest BCUT2D eigenvalue weighted by molar-refractivity contribution is -0.142. The van der Waals surface area contributed by atoms with Crippen LogP contribution in [-0.4, -0.2) is 64.1 Å². The molecule has 0 radical (unpaired) electrons. The van der Waals surface area contributed by atoms with Crippen LogP contribution in [0.4, 0.5) is 10.1 Å². The molecule has 0 saturated heterocycles. The number of methoxy groups -OCH3 is 1. The van der Waals surface area contributed by atoms with Gasteiger partial charge in [-0.2, -0.15) is 0 Å². The molecule has 4 aromatic rings. The summed E-state index contributed by atoms with van der Waals surface area (Å²) in [7, 11) is -2.39. The standard InChI is InChI=1S/C37H42FN3O7S/c1-27(2)47-23-7-22-39-37(43)35(24-28-8-5-4-6-9-28)41(25-29-10-16-32(46-3)17-11-29)36(42)26-48-33-18-20-34(21-19-33)49(44,45)40-31-14-12-30(38)13-15-31/h4-6,8-21,27,35,40H,7,22-26H2,1-3H3,(H,39,43)/t35-/m0/s1. The Kier molecular flexibility index (Phi) is 13.5. The lowest BCUT2D eigenvalue weighted by Crippen LogP contribution is -2.52. The molecular weight excluding hydrogens is 649 g/mol. The van der Waals surface area contributed by atoms with E-state index in [1.165, 1.54) is 41.3 Å². The van der Waals surface area contributed by atoms with Crippen molar-refractivity contribution in [3.63, 3.8) is 0 Å². The Balaban J connectivity index is 1.52. The first-order valence-electron chi connectivity index (χ1n) is 15.9. The van der Waals surface area contributed by atoms with Crippen molar-refractivity contribution in [2.45, 2.75) is 50.3 Å². The fourth-order valence-corrected chi connectivity index (χ4v) is 5.94. The van der Waals surface area contributed by atoms with Crippen molar-refractivity contribution in [1.82, 2.24) is 10.2 Å². The number of nitrogens with one attached hydrogen (secondary N) is 2. The zero-order valence-corrected chi connectivity index (χ0v) is 28.6. The molecule has 0 heterocycles. The Morgan fingerprint density at radius 2 is 1.49 bits per heavy atom. The van der Waals surface area contributed by atoms with Crippen LogP contribution in [0, 0.1) is 5.82 Å². The molecule has 1 atom stereocenters. The Bertz CT molecular complexity index is 1740. The van der Waals surface area contributed by atoms with Gasteiger partial charge in [0.15, 0.2) is 6.61 Å². The van der Waals surface area contributed by atoms with Gasteiger partial charge in [0.2, 0.25) is 5.91 Å². The number of anilines is 1. The maximum atomic E-state index is 13.9. The van der Waals surface area contributed by atoms with Crippen LogP contribution in [-0.2, 0) is 37.3 Å². The second-order valence-corrected chi connectivity index (χ2v) is 13.2. The van der Waals surface area contributed by atoms with E-state index >= 15 is 0 Å². The van der Waals surface area contributed by atoms with Crippen molar-refractivity contribution in [2.24, 2.45) is 0 Å². The van der Waals surface area contributed by atoms with Gasteiger partial charge in [0.25, 0.3) is 15.9 Å². The summed E-state index contributed by atoms with van der Waals surface area (Å²) >= 11 is 0. The molecule has 4 rings (SSSR count). The van der Waals surface area contributed by atoms with E-state index in [4.69, 9.17) is 14.2 Å². The smallest absolute Gasteiger partial charge is 0.261 e. The summed E-state index contributed by atoms with van der Waals surface area (Å²) in [5, 5.41) is 2.98. The molecule has 0 aromatic heterocycles. The average molecular weight is 692 g/mol. The number of sulfonamides is 1. The molecule has 0 fully saturated rings. The van der Waals surface area contributed by atoms with E-state index in [-0.39, 0.29) is 41.3 Å². The minimum Gasteiger partial charge on any atom is -0.497 e. The van der Waals surface area contributed by atoms with Crippen molar-refractivity contribution < 1.29 is 36.6 Å². The molecule has 260 valence electrons. The summed E-state index contributed by atoms with van der Waals surface area (Å²) in [4.78, 5) is 29.1. The molecule has 0 unspecified atom stereocenters. The van der Waals surface area contributed by atoms with E-state index < -0.39 is 34.4 Å². The van der Waals surface area contributed by atoms with Crippen LogP contribution in [0.25, 0.3) is 0 Å². The summed E-state index contributed by atoms with van der Waals surface area (Å²) in [6.07, 6.45) is 0.964. The third-order valence-corrected chi connectivity index (χ3v) is 8.84. The Morgan fingerprint density at radius 3 is 2.12 bits per heavy atom. The molecule has 0 spiro atoms. The number of carbonyl (C=O) groups is 2. The molecule has 0 bridgehead atoms. The lowest BCUT2D eigenvalue weighted by Gasteiger charge is -2.31. The predicted molar refractivity (Wildman–Crippen MR) is 185 cm³/mol.